The van der Waals surface area contributed by atoms with Gasteiger partial charge in [-0.05, 0) is 61.6 Å². The van der Waals surface area contributed by atoms with E-state index in [0.717, 1.165) is 42.1 Å². The maximum absolute atomic E-state index is 13.3. The molecule has 2 N–H and O–H groups in total. The standard InChI is InChI=1S/C26H30ClN5O3.2ClH/c1-34-21-7-6-17(12-22(21)35-2)25-30-29-23-14-31(24(33)15-32(23)25)20-8-10-26(16-28,11-9-20)18-4-3-5-19(27)13-18;;/h3-7,12-13,20H,8-11,14-16,28H2,1-2H3;2*1H. The number of aromatic nitrogens is 3. The fourth-order valence-corrected chi connectivity index (χ4v) is 5.69. The zero-order chi connectivity index (χ0) is 24.6. The Kier molecular flexibility index (Phi) is 9.34. The maximum Gasteiger partial charge on any atom is 0.243 e. The van der Waals surface area contributed by atoms with Crippen molar-refractivity contribution in [3.05, 3.63) is 58.9 Å². The summed E-state index contributed by atoms with van der Waals surface area (Å²) in [6.07, 6.45) is 3.63. The Hall–Kier alpha value is -2.52. The van der Waals surface area contributed by atoms with Crippen molar-refractivity contribution >= 4 is 42.3 Å². The van der Waals surface area contributed by atoms with Crippen molar-refractivity contribution in [1.82, 2.24) is 19.7 Å². The Labute approximate surface area is 234 Å². The molecule has 2 aromatic carbocycles. The number of ether oxygens (including phenoxy) is 2. The Balaban J connectivity index is 0.00000190. The van der Waals surface area contributed by atoms with Crippen LogP contribution in [-0.4, -0.2) is 52.4 Å². The molecule has 0 spiro atoms. The van der Waals surface area contributed by atoms with Crippen molar-refractivity contribution < 1.29 is 14.3 Å². The van der Waals surface area contributed by atoms with Crippen LogP contribution in [0.3, 0.4) is 0 Å². The minimum Gasteiger partial charge on any atom is -0.493 e. The molecule has 1 saturated carbocycles. The highest BCUT2D eigenvalue weighted by Gasteiger charge is 2.40. The predicted molar refractivity (Wildman–Crippen MR) is 148 cm³/mol. The van der Waals surface area contributed by atoms with Gasteiger partial charge >= 0.3 is 0 Å². The largest absolute Gasteiger partial charge is 0.493 e. The predicted octanol–water partition coefficient (Wildman–Crippen LogP) is 4.64. The van der Waals surface area contributed by atoms with Gasteiger partial charge in [0, 0.05) is 28.6 Å². The summed E-state index contributed by atoms with van der Waals surface area (Å²) in [4.78, 5) is 15.2. The first-order valence-corrected chi connectivity index (χ1v) is 12.3. The number of amides is 1. The van der Waals surface area contributed by atoms with Gasteiger partial charge < -0.3 is 20.1 Å². The molecule has 1 fully saturated rings. The third-order valence-electron chi connectivity index (χ3n) is 7.58. The van der Waals surface area contributed by atoms with Gasteiger partial charge in [-0.15, -0.1) is 35.0 Å². The van der Waals surface area contributed by atoms with Crippen molar-refractivity contribution in [3.63, 3.8) is 0 Å². The lowest BCUT2D eigenvalue weighted by atomic mass is 9.68. The molecule has 37 heavy (non-hydrogen) atoms. The number of nitrogens with zero attached hydrogens (tertiary/aromatic N) is 4. The molecular formula is C26H32Cl3N5O3. The van der Waals surface area contributed by atoms with Crippen LogP contribution in [0.4, 0.5) is 0 Å². The van der Waals surface area contributed by atoms with E-state index < -0.39 is 0 Å². The Morgan fingerprint density at radius 2 is 1.76 bits per heavy atom. The third-order valence-corrected chi connectivity index (χ3v) is 7.81. The second-order valence-corrected chi connectivity index (χ2v) is 9.78. The van der Waals surface area contributed by atoms with Crippen LogP contribution in [-0.2, 0) is 23.3 Å². The molecule has 0 atom stereocenters. The van der Waals surface area contributed by atoms with Crippen LogP contribution in [0.2, 0.25) is 5.02 Å². The van der Waals surface area contributed by atoms with Crippen LogP contribution in [0.5, 0.6) is 11.5 Å². The van der Waals surface area contributed by atoms with E-state index in [1.54, 1.807) is 14.2 Å². The minimum atomic E-state index is -0.0964. The third kappa shape index (κ3) is 5.39. The molecule has 1 aromatic heterocycles. The monoisotopic (exact) mass is 567 g/mol. The van der Waals surface area contributed by atoms with Gasteiger partial charge in [-0.2, -0.15) is 0 Å². The normalized spacial score (nSPS) is 20.9. The number of carbonyl (C=O) groups excluding carboxylic acids is 1. The first-order valence-electron chi connectivity index (χ1n) is 11.9. The fraction of sp³-hybridized carbons (Fsp3) is 0.423. The van der Waals surface area contributed by atoms with Gasteiger partial charge in [0.1, 0.15) is 6.54 Å². The summed E-state index contributed by atoms with van der Waals surface area (Å²) in [7, 11) is 3.19. The van der Waals surface area contributed by atoms with Crippen molar-refractivity contribution in [2.45, 2.75) is 50.2 Å². The summed E-state index contributed by atoms with van der Waals surface area (Å²) in [5, 5.41) is 9.56. The average Bonchev–Trinajstić information content (AvgIpc) is 3.30. The Bertz CT molecular complexity index is 1240. The molecule has 5 rings (SSSR count). The highest BCUT2D eigenvalue weighted by molar-refractivity contribution is 6.30. The molecule has 8 nitrogen and oxygen atoms in total. The molecule has 1 aliphatic carbocycles. The van der Waals surface area contributed by atoms with Gasteiger partial charge in [-0.1, -0.05) is 23.7 Å². The average molecular weight is 569 g/mol. The van der Waals surface area contributed by atoms with Gasteiger partial charge in [0.05, 0.1) is 20.8 Å². The number of fused-ring (bicyclic) bond motifs is 1. The smallest absolute Gasteiger partial charge is 0.243 e. The summed E-state index contributed by atoms with van der Waals surface area (Å²) in [6.45, 7) is 1.24. The molecule has 2 heterocycles. The molecule has 1 aliphatic heterocycles. The zero-order valence-electron chi connectivity index (χ0n) is 20.9. The fourth-order valence-electron chi connectivity index (χ4n) is 5.50. The van der Waals surface area contributed by atoms with Crippen molar-refractivity contribution in [2.24, 2.45) is 5.73 Å². The number of carbonyl (C=O) groups is 1. The van der Waals surface area contributed by atoms with Gasteiger partial charge in [-0.25, -0.2) is 0 Å². The summed E-state index contributed by atoms with van der Waals surface area (Å²) >= 11 is 6.26. The molecule has 11 heteroatoms. The van der Waals surface area contributed by atoms with Crippen LogP contribution >= 0.6 is 36.4 Å². The van der Waals surface area contributed by atoms with Gasteiger partial charge in [0.15, 0.2) is 23.1 Å². The van der Waals surface area contributed by atoms with Crippen LogP contribution in [0.1, 0.15) is 37.1 Å². The van der Waals surface area contributed by atoms with E-state index in [-0.39, 0.29) is 48.7 Å². The number of halogens is 3. The lowest BCUT2D eigenvalue weighted by molar-refractivity contribution is -0.137. The number of benzene rings is 2. The van der Waals surface area contributed by atoms with E-state index in [9.17, 15) is 4.79 Å². The first kappa shape index (κ1) is 29.0. The number of rotatable bonds is 6. The van der Waals surface area contributed by atoms with Gasteiger partial charge in [0.2, 0.25) is 5.91 Å². The Morgan fingerprint density at radius 1 is 1.03 bits per heavy atom. The maximum atomic E-state index is 13.3. The van der Waals surface area contributed by atoms with E-state index in [4.69, 9.17) is 26.8 Å². The lowest BCUT2D eigenvalue weighted by Gasteiger charge is -2.44. The molecule has 0 saturated heterocycles. The SMILES string of the molecule is COc1ccc(-c2nnc3n2CC(=O)N(C2CCC(CN)(c4cccc(Cl)c4)CC2)C3)cc1OC.Cl.Cl. The lowest BCUT2D eigenvalue weighted by Crippen LogP contribution is -2.50. The summed E-state index contributed by atoms with van der Waals surface area (Å²) in [5.41, 5.74) is 8.19. The van der Waals surface area contributed by atoms with Crippen LogP contribution in [0, 0.1) is 0 Å². The van der Waals surface area contributed by atoms with Crippen molar-refractivity contribution in [1.29, 1.82) is 0 Å². The van der Waals surface area contributed by atoms with Gasteiger partial charge in [-0.3, -0.25) is 9.36 Å². The Morgan fingerprint density at radius 3 is 2.41 bits per heavy atom. The molecule has 0 unspecified atom stereocenters. The molecule has 1 amide bonds. The van der Waals surface area contributed by atoms with Crippen LogP contribution < -0.4 is 15.2 Å². The summed E-state index contributed by atoms with van der Waals surface area (Å²) in [5.74, 6) is 2.78. The van der Waals surface area contributed by atoms with E-state index in [1.165, 1.54) is 5.56 Å². The summed E-state index contributed by atoms with van der Waals surface area (Å²) < 4.78 is 12.7. The molecular weight excluding hydrogens is 537 g/mol. The first-order chi connectivity index (χ1) is 17.0. The number of hydrogen-bond donors (Lipinski definition) is 1. The highest BCUT2D eigenvalue weighted by Crippen LogP contribution is 2.41. The van der Waals surface area contributed by atoms with E-state index in [2.05, 4.69) is 16.3 Å². The van der Waals surface area contributed by atoms with E-state index >= 15 is 0 Å². The highest BCUT2D eigenvalue weighted by atomic mass is 35.5. The van der Waals surface area contributed by atoms with Crippen molar-refractivity contribution in [3.8, 4) is 22.9 Å². The molecule has 2 aliphatic rings. The molecule has 200 valence electrons. The molecule has 3 aromatic rings. The van der Waals surface area contributed by atoms with E-state index in [1.807, 2.05) is 45.9 Å². The zero-order valence-corrected chi connectivity index (χ0v) is 23.2. The van der Waals surface area contributed by atoms with Crippen molar-refractivity contribution in [2.75, 3.05) is 20.8 Å². The van der Waals surface area contributed by atoms with E-state index in [0.29, 0.717) is 30.4 Å². The topological polar surface area (TPSA) is 95.5 Å². The quantitative estimate of drug-likeness (QED) is 0.465. The second-order valence-electron chi connectivity index (χ2n) is 9.34. The van der Waals surface area contributed by atoms with Crippen LogP contribution in [0.25, 0.3) is 11.4 Å². The molecule has 0 bridgehead atoms. The molecule has 0 radical (unpaired) electrons. The number of nitrogens with two attached hydrogens (primary N) is 1. The van der Waals surface area contributed by atoms with Gasteiger partial charge in [0.25, 0.3) is 0 Å². The second kappa shape index (κ2) is 11.9. The summed E-state index contributed by atoms with van der Waals surface area (Å²) in [6, 6.07) is 13.8. The van der Waals surface area contributed by atoms with Crippen LogP contribution in [0.15, 0.2) is 42.5 Å². The minimum absolute atomic E-state index is 0. The number of methoxy groups -OCH3 is 2. The number of hydrogen-bond acceptors (Lipinski definition) is 6.